The zero-order chi connectivity index (χ0) is 11.5. The molecule has 1 aliphatic carbocycles. The SMILES string of the molecule is O=C(O)NC1CCC(C(=O)NC2CC2)OC1. The van der Waals surface area contributed by atoms with Gasteiger partial charge in [0, 0.05) is 6.04 Å². The highest BCUT2D eigenvalue weighted by Crippen LogP contribution is 2.20. The minimum absolute atomic E-state index is 0.0590. The van der Waals surface area contributed by atoms with E-state index in [-0.39, 0.29) is 18.6 Å². The number of carboxylic acid groups (broad SMARTS) is 1. The first-order valence-electron chi connectivity index (χ1n) is 5.56. The smallest absolute Gasteiger partial charge is 0.404 e. The number of amides is 2. The first-order chi connectivity index (χ1) is 7.65. The molecule has 2 rings (SSSR count). The lowest BCUT2D eigenvalue weighted by atomic mass is 10.0. The zero-order valence-electron chi connectivity index (χ0n) is 8.94. The summed E-state index contributed by atoms with van der Waals surface area (Å²) in [5, 5.41) is 13.8. The van der Waals surface area contributed by atoms with Gasteiger partial charge in [0.25, 0.3) is 0 Å². The number of hydrogen-bond acceptors (Lipinski definition) is 3. The van der Waals surface area contributed by atoms with Crippen LogP contribution in [0.4, 0.5) is 4.79 Å². The fraction of sp³-hybridized carbons (Fsp3) is 0.800. The standard InChI is InChI=1S/C10H16N2O4/c13-9(11-6-1-2-6)8-4-3-7(5-16-8)12-10(14)15/h6-8,12H,1-5H2,(H,11,13)(H,14,15). The van der Waals surface area contributed by atoms with Crippen LogP contribution in [-0.2, 0) is 9.53 Å². The lowest BCUT2D eigenvalue weighted by Gasteiger charge is -2.28. The van der Waals surface area contributed by atoms with Crippen LogP contribution in [0.5, 0.6) is 0 Å². The predicted octanol–water partition coefficient (Wildman–Crippen LogP) is 0.0802. The molecule has 1 aliphatic heterocycles. The van der Waals surface area contributed by atoms with Gasteiger partial charge in [-0.15, -0.1) is 0 Å². The lowest BCUT2D eigenvalue weighted by Crippen LogP contribution is -2.47. The van der Waals surface area contributed by atoms with Crippen molar-refractivity contribution in [3.05, 3.63) is 0 Å². The molecule has 2 aliphatic rings. The molecule has 2 amide bonds. The third-order valence-corrected chi connectivity index (χ3v) is 2.82. The van der Waals surface area contributed by atoms with Crippen LogP contribution in [0, 0.1) is 0 Å². The van der Waals surface area contributed by atoms with E-state index >= 15 is 0 Å². The number of ether oxygens (including phenoxy) is 1. The topological polar surface area (TPSA) is 87.7 Å². The second kappa shape index (κ2) is 4.69. The summed E-state index contributed by atoms with van der Waals surface area (Å²) in [5.41, 5.74) is 0. The summed E-state index contributed by atoms with van der Waals surface area (Å²) < 4.78 is 5.34. The van der Waals surface area contributed by atoms with Crippen molar-refractivity contribution in [2.75, 3.05) is 6.61 Å². The van der Waals surface area contributed by atoms with Crippen molar-refractivity contribution < 1.29 is 19.4 Å². The van der Waals surface area contributed by atoms with Crippen LogP contribution < -0.4 is 10.6 Å². The summed E-state index contributed by atoms with van der Waals surface area (Å²) >= 11 is 0. The number of hydrogen-bond donors (Lipinski definition) is 3. The van der Waals surface area contributed by atoms with Crippen LogP contribution >= 0.6 is 0 Å². The normalized spacial score (nSPS) is 29.5. The van der Waals surface area contributed by atoms with E-state index in [9.17, 15) is 9.59 Å². The quantitative estimate of drug-likeness (QED) is 0.638. The molecule has 2 atom stereocenters. The molecular weight excluding hydrogens is 212 g/mol. The van der Waals surface area contributed by atoms with E-state index in [1.807, 2.05) is 0 Å². The van der Waals surface area contributed by atoms with Crippen molar-refractivity contribution in [1.82, 2.24) is 10.6 Å². The molecule has 0 bridgehead atoms. The van der Waals surface area contributed by atoms with E-state index in [1.165, 1.54) is 0 Å². The number of carbonyl (C=O) groups is 2. The highest BCUT2D eigenvalue weighted by molar-refractivity contribution is 5.81. The Morgan fingerprint density at radius 3 is 2.25 bits per heavy atom. The molecular formula is C10H16N2O4. The zero-order valence-corrected chi connectivity index (χ0v) is 8.94. The molecule has 1 saturated carbocycles. The molecule has 90 valence electrons. The molecule has 0 aromatic carbocycles. The fourth-order valence-electron chi connectivity index (χ4n) is 1.77. The van der Waals surface area contributed by atoms with Gasteiger partial charge in [0.05, 0.1) is 12.6 Å². The Labute approximate surface area is 93.3 Å². The van der Waals surface area contributed by atoms with Gasteiger partial charge in [-0.25, -0.2) is 4.79 Å². The summed E-state index contributed by atoms with van der Waals surface area (Å²) in [4.78, 5) is 22.0. The van der Waals surface area contributed by atoms with Gasteiger partial charge in [-0.3, -0.25) is 4.79 Å². The van der Waals surface area contributed by atoms with Gasteiger partial charge >= 0.3 is 6.09 Å². The van der Waals surface area contributed by atoms with Gasteiger partial charge < -0.3 is 20.5 Å². The van der Waals surface area contributed by atoms with Gasteiger partial charge in [-0.2, -0.15) is 0 Å². The van der Waals surface area contributed by atoms with Gasteiger partial charge in [-0.1, -0.05) is 0 Å². The Balaban J connectivity index is 1.71. The maximum Gasteiger partial charge on any atom is 0.404 e. The number of nitrogens with one attached hydrogen (secondary N) is 2. The fourth-order valence-corrected chi connectivity index (χ4v) is 1.77. The van der Waals surface area contributed by atoms with E-state index in [0.717, 1.165) is 12.8 Å². The maximum atomic E-state index is 11.6. The van der Waals surface area contributed by atoms with Crippen LogP contribution in [0.15, 0.2) is 0 Å². The molecule has 1 heterocycles. The molecule has 2 fully saturated rings. The third-order valence-electron chi connectivity index (χ3n) is 2.82. The molecule has 0 radical (unpaired) electrons. The summed E-state index contributed by atoms with van der Waals surface area (Å²) in [7, 11) is 0. The van der Waals surface area contributed by atoms with Crippen molar-refractivity contribution in [3.8, 4) is 0 Å². The molecule has 6 heteroatoms. The van der Waals surface area contributed by atoms with E-state index < -0.39 is 12.2 Å². The highest BCUT2D eigenvalue weighted by Gasteiger charge is 2.31. The van der Waals surface area contributed by atoms with Crippen molar-refractivity contribution >= 4 is 12.0 Å². The Bertz CT molecular complexity index is 283. The number of rotatable bonds is 3. The minimum atomic E-state index is -1.05. The van der Waals surface area contributed by atoms with Crippen molar-refractivity contribution in [2.24, 2.45) is 0 Å². The Hall–Kier alpha value is -1.30. The highest BCUT2D eigenvalue weighted by atomic mass is 16.5. The second-order valence-electron chi connectivity index (χ2n) is 4.33. The van der Waals surface area contributed by atoms with Gasteiger partial charge in [0.1, 0.15) is 6.10 Å². The van der Waals surface area contributed by atoms with Crippen LogP contribution in [0.3, 0.4) is 0 Å². The van der Waals surface area contributed by atoms with Crippen molar-refractivity contribution in [2.45, 2.75) is 43.9 Å². The van der Waals surface area contributed by atoms with Crippen LogP contribution in [-0.4, -0.2) is 41.9 Å². The molecule has 6 nitrogen and oxygen atoms in total. The van der Waals surface area contributed by atoms with Crippen LogP contribution in [0.25, 0.3) is 0 Å². The largest absolute Gasteiger partial charge is 0.465 e. The van der Waals surface area contributed by atoms with E-state index in [1.54, 1.807) is 0 Å². The van der Waals surface area contributed by atoms with E-state index in [2.05, 4.69) is 10.6 Å². The lowest BCUT2D eigenvalue weighted by molar-refractivity contribution is -0.136. The monoisotopic (exact) mass is 228 g/mol. The van der Waals surface area contributed by atoms with Gasteiger partial charge in [-0.05, 0) is 25.7 Å². The molecule has 3 N–H and O–H groups in total. The van der Waals surface area contributed by atoms with Crippen molar-refractivity contribution in [3.63, 3.8) is 0 Å². The van der Waals surface area contributed by atoms with Gasteiger partial charge in [0.15, 0.2) is 0 Å². The molecule has 0 aromatic rings. The van der Waals surface area contributed by atoms with Gasteiger partial charge in [0.2, 0.25) is 5.91 Å². The first kappa shape index (κ1) is 11.2. The Morgan fingerprint density at radius 1 is 1.06 bits per heavy atom. The summed E-state index contributed by atoms with van der Waals surface area (Å²) in [6, 6.07) is 0.147. The summed E-state index contributed by atoms with van der Waals surface area (Å²) in [6.45, 7) is 0.273. The molecule has 2 unspecified atom stereocenters. The average Bonchev–Trinajstić information content (AvgIpc) is 3.01. The molecule has 1 saturated heterocycles. The summed E-state index contributed by atoms with van der Waals surface area (Å²) in [6.07, 6.45) is 1.88. The molecule has 0 aromatic heterocycles. The second-order valence-corrected chi connectivity index (χ2v) is 4.33. The maximum absolute atomic E-state index is 11.6. The molecule has 0 spiro atoms. The van der Waals surface area contributed by atoms with Crippen LogP contribution in [0.1, 0.15) is 25.7 Å². The number of carbonyl (C=O) groups excluding carboxylic acids is 1. The Morgan fingerprint density at radius 2 is 1.75 bits per heavy atom. The van der Waals surface area contributed by atoms with Crippen LogP contribution in [0.2, 0.25) is 0 Å². The van der Waals surface area contributed by atoms with E-state index in [4.69, 9.17) is 9.84 Å². The summed E-state index contributed by atoms with van der Waals surface area (Å²) in [5.74, 6) is -0.0590. The predicted molar refractivity (Wildman–Crippen MR) is 55.1 cm³/mol. The van der Waals surface area contributed by atoms with Crippen molar-refractivity contribution in [1.29, 1.82) is 0 Å². The van der Waals surface area contributed by atoms with E-state index in [0.29, 0.717) is 18.9 Å². The first-order valence-corrected chi connectivity index (χ1v) is 5.56. The minimum Gasteiger partial charge on any atom is -0.465 e. The molecule has 16 heavy (non-hydrogen) atoms. The Kier molecular flexibility index (Phi) is 3.28. The average molecular weight is 228 g/mol. The third kappa shape index (κ3) is 3.10.